The average molecular weight is 848 g/mol. The van der Waals surface area contributed by atoms with Crippen molar-refractivity contribution in [1.82, 2.24) is 24.8 Å². The van der Waals surface area contributed by atoms with Crippen LogP contribution < -0.4 is 19.5 Å². The molecule has 7 rings (SSSR count). The lowest BCUT2D eigenvalue weighted by atomic mass is 9.85. The maximum Gasteiger partial charge on any atom is 0.411 e. The van der Waals surface area contributed by atoms with E-state index in [-0.39, 0.29) is 42.5 Å². The number of carboxylic acid groups (broad SMARTS) is 1. The highest BCUT2D eigenvalue weighted by atomic mass is 32.2. The Bertz CT molecular complexity index is 2180. The number of halogens is 3. The van der Waals surface area contributed by atoms with Gasteiger partial charge in [0.1, 0.15) is 35.0 Å². The van der Waals surface area contributed by atoms with E-state index < -0.39 is 85.9 Å². The molecule has 3 fully saturated rings. The number of pyridine rings is 1. The summed E-state index contributed by atoms with van der Waals surface area (Å²) in [6.45, 7) is 6.50. The Morgan fingerprint density at radius 1 is 1.12 bits per heavy atom. The van der Waals surface area contributed by atoms with Crippen molar-refractivity contribution in [3.8, 4) is 11.6 Å². The predicted octanol–water partition coefficient (Wildman–Crippen LogP) is 5.48. The standard InChI is InChI=1S/C41H52F3N5O9S/c1-23-9-6-7-11-26-21-40(26,36(52)47-59(55,56)39(5)15-16-39)46-33(50)30-20-27(58-34-29-13-12-25-10-8-18-57-32(25)28(29)14-17-45-34)22-48(30)35(51)31(24(2)19-23)49(37(53)54)38(3,4)41(42,43)44/h7,11-14,17,23-24,26-27,30-31H,6,8-10,15-16,18-22H2,1-5H3,(H,46,50)(H,47,52)(H,53,54)/b11-7-/t23-,24+,26+,27+,30-,31-,40+/m0/s1. The van der Waals surface area contributed by atoms with E-state index in [2.05, 4.69) is 15.0 Å². The number of carbonyl (C=O) groups is 4. The molecule has 7 atom stereocenters. The SMILES string of the molecule is C[C@H]1CC/C=C\[C@@H]2C[C@@]2(C(=O)NS(=O)(=O)C2(C)CC2)NC(=O)[C@@H]2C[C@@H](Oc3nccc4c5c(ccc34)CCCO5)CN2C(=O)[C@@H](N(C(=O)O)C(C)(C)C(F)(F)F)[C@H](C)C1. The van der Waals surface area contributed by atoms with Gasteiger partial charge in [-0.2, -0.15) is 13.2 Å². The van der Waals surface area contributed by atoms with Gasteiger partial charge in [-0.25, -0.2) is 18.2 Å². The van der Waals surface area contributed by atoms with Gasteiger partial charge in [0, 0.05) is 29.3 Å². The van der Waals surface area contributed by atoms with Gasteiger partial charge in [-0.1, -0.05) is 32.1 Å². The summed E-state index contributed by atoms with van der Waals surface area (Å²) in [6, 6.07) is 2.17. The zero-order valence-corrected chi connectivity index (χ0v) is 34.6. The maximum atomic E-state index is 15.0. The lowest BCUT2D eigenvalue weighted by Gasteiger charge is -2.45. The van der Waals surface area contributed by atoms with E-state index in [1.54, 1.807) is 12.1 Å². The van der Waals surface area contributed by atoms with Crippen molar-refractivity contribution in [1.29, 1.82) is 0 Å². The number of rotatable bonds is 7. The smallest absolute Gasteiger partial charge is 0.411 e. The van der Waals surface area contributed by atoms with Crippen LogP contribution in [0.4, 0.5) is 18.0 Å². The van der Waals surface area contributed by atoms with Crippen molar-refractivity contribution in [2.24, 2.45) is 17.8 Å². The summed E-state index contributed by atoms with van der Waals surface area (Å²) >= 11 is 0. The van der Waals surface area contributed by atoms with Gasteiger partial charge in [0.15, 0.2) is 0 Å². The Morgan fingerprint density at radius 2 is 1.85 bits per heavy atom. The largest absolute Gasteiger partial charge is 0.493 e. The second kappa shape index (κ2) is 15.1. The fourth-order valence-electron chi connectivity index (χ4n) is 8.89. The average Bonchev–Trinajstić information content (AvgIpc) is 4.04. The number of nitrogens with zero attached hydrogens (tertiary/aromatic N) is 3. The molecule has 59 heavy (non-hydrogen) atoms. The predicted molar refractivity (Wildman–Crippen MR) is 209 cm³/mol. The molecule has 4 heterocycles. The highest BCUT2D eigenvalue weighted by Crippen LogP contribution is 2.48. The maximum absolute atomic E-state index is 15.0. The normalized spacial score (nSPS) is 30.3. The molecule has 14 nitrogen and oxygen atoms in total. The van der Waals surface area contributed by atoms with E-state index in [9.17, 15) is 41.1 Å². The quantitative estimate of drug-likeness (QED) is 0.302. The molecular formula is C41H52F3N5O9S. The van der Waals surface area contributed by atoms with Crippen LogP contribution in [0.3, 0.4) is 0 Å². The van der Waals surface area contributed by atoms with Crippen LogP contribution in [0.1, 0.15) is 91.5 Å². The molecule has 322 valence electrons. The van der Waals surface area contributed by atoms with Gasteiger partial charge in [-0.05, 0) is 102 Å². The van der Waals surface area contributed by atoms with Crippen LogP contribution in [0.2, 0.25) is 0 Å². The Kier molecular flexibility index (Phi) is 10.9. The number of amides is 4. The lowest BCUT2D eigenvalue weighted by Crippen LogP contribution is -2.66. The summed E-state index contributed by atoms with van der Waals surface area (Å²) in [7, 11) is -4.12. The van der Waals surface area contributed by atoms with Crippen molar-refractivity contribution >= 4 is 44.6 Å². The zero-order chi connectivity index (χ0) is 42.9. The number of ether oxygens (including phenoxy) is 2. The van der Waals surface area contributed by atoms with Crippen LogP contribution in [0, 0.1) is 17.8 Å². The van der Waals surface area contributed by atoms with E-state index in [4.69, 9.17) is 9.47 Å². The lowest BCUT2D eigenvalue weighted by molar-refractivity contribution is -0.222. The first-order valence-electron chi connectivity index (χ1n) is 20.3. The summed E-state index contributed by atoms with van der Waals surface area (Å²) in [6.07, 6.45) is 0.454. The zero-order valence-electron chi connectivity index (χ0n) is 33.8. The monoisotopic (exact) mass is 847 g/mol. The van der Waals surface area contributed by atoms with Gasteiger partial charge >= 0.3 is 12.3 Å². The number of alkyl halides is 3. The third-order valence-electron chi connectivity index (χ3n) is 13.0. The Balaban J connectivity index is 1.29. The first-order valence-corrected chi connectivity index (χ1v) is 21.7. The van der Waals surface area contributed by atoms with Crippen molar-refractivity contribution in [3.63, 3.8) is 0 Å². The summed E-state index contributed by atoms with van der Waals surface area (Å²) < 4.78 is 84.1. The molecule has 0 spiro atoms. The van der Waals surface area contributed by atoms with Crippen molar-refractivity contribution in [2.75, 3.05) is 13.2 Å². The van der Waals surface area contributed by atoms with Crippen molar-refractivity contribution in [2.45, 2.75) is 133 Å². The Morgan fingerprint density at radius 3 is 2.53 bits per heavy atom. The number of carbonyl (C=O) groups excluding carboxylic acids is 3. The minimum absolute atomic E-state index is 0.0575. The minimum atomic E-state index is -5.09. The highest BCUT2D eigenvalue weighted by molar-refractivity contribution is 7.91. The molecule has 1 aromatic heterocycles. The summed E-state index contributed by atoms with van der Waals surface area (Å²) in [5.41, 5.74) is -3.73. The molecule has 0 unspecified atom stereocenters. The number of fused-ring (bicyclic) bond motifs is 5. The molecular weight excluding hydrogens is 796 g/mol. The molecule has 2 aliphatic carbocycles. The molecule has 3 aliphatic heterocycles. The number of aromatic nitrogens is 1. The van der Waals surface area contributed by atoms with E-state index in [0.29, 0.717) is 57.3 Å². The number of aryl methyl sites for hydroxylation is 1. The fourth-order valence-corrected chi connectivity index (χ4v) is 10.2. The van der Waals surface area contributed by atoms with Crippen LogP contribution in [-0.2, 0) is 30.8 Å². The van der Waals surface area contributed by atoms with Gasteiger partial charge < -0.3 is 24.8 Å². The minimum Gasteiger partial charge on any atom is -0.493 e. The second-order valence-corrected chi connectivity index (χ2v) is 20.0. The number of allylic oxidation sites excluding steroid dienone is 1. The Labute approximate surface area is 341 Å². The van der Waals surface area contributed by atoms with Crippen molar-refractivity contribution < 1.29 is 55.3 Å². The van der Waals surface area contributed by atoms with Gasteiger partial charge in [0.2, 0.25) is 27.7 Å². The van der Waals surface area contributed by atoms with E-state index >= 15 is 4.79 Å². The third kappa shape index (κ3) is 7.81. The van der Waals surface area contributed by atoms with E-state index in [1.165, 1.54) is 20.0 Å². The van der Waals surface area contributed by atoms with Crippen LogP contribution in [0.25, 0.3) is 10.8 Å². The summed E-state index contributed by atoms with van der Waals surface area (Å²) in [4.78, 5) is 62.2. The summed E-state index contributed by atoms with van der Waals surface area (Å²) in [5, 5.41) is 14.6. The first kappa shape index (κ1) is 42.5. The number of nitrogens with one attached hydrogen (secondary N) is 2. The molecule has 4 amide bonds. The molecule has 0 radical (unpaired) electrons. The number of benzene rings is 1. The Hall–Kier alpha value is -4.61. The van der Waals surface area contributed by atoms with Gasteiger partial charge in [0.05, 0.1) is 17.9 Å². The highest BCUT2D eigenvalue weighted by Gasteiger charge is 2.64. The number of hydrogen-bond donors (Lipinski definition) is 3. The van der Waals surface area contributed by atoms with Crippen LogP contribution >= 0.6 is 0 Å². The van der Waals surface area contributed by atoms with E-state index in [1.807, 2.05) is 25.1 Å². The third-order valence-corrected chi connectivity index (χ3v) is 15.2. The van der Waals surface area contributed by atoms with Gasteiger partial charge in [-0.15, -0.1) is 0 Å². The molecule has 0 bridgehead atoms. The first-order chi connectivity index (χ1) is 27.6. The van der Waals surface area contributed by atoms with Gasteiger partial charge in [0.25, 0.3) is 5.91 Å². The van der Waals surface area contributed by atoms with E-state index in [0.717, 1.165) is 28.7 Å². The molecule has 1 saturated heterocycles. The van der Waals surface area contributed by atoms with Crippen molar-refractivity contribution in [3.05, 3.63) is 42.1 Å². The summed E-state index contributed by atoms with van der Waals surface area (Å²) in [5.74, 6) is -3.72. The molecule has 5 aliphatic rings. The van der Waals surface area contributed by atoms with Crippen LogP contribution in [0.15, 0.2) is 36.5 Å². The molecule has 2 aromatic rings. The number of hydrogen-bond acceptors (Lipinski definition) is 9. The molecule has 1 aromatic carbocycles. The number of sulfonamides is 1. The fraction of sp³-hybridized carbons (Fsp3) is 0.634. The second-order valence-electron chi connectivity index (χ2n) is 17.8. The molecule has 2 saturated carbocycles. The van der Waals surface area contributed by atoms with Gasteiger partial charge in [-0.3, -0.25) is 24.0 Å². The van der Waals surface area contributed by atoms with Crippen LogP contribution in [-0.4, -0.2) is 105 Å². The molecule has 3 N–H and O–H groups in total. The van der Waals surface area contributed by atoms with Crippen LogP contribution in [0.5, 0.6) is 11.6 Å². The molecule has 18 heteroatoms. The topological polar surface area (TPSA) is 185 Å².